The molecule has 0 saturated carbocycles. The van der Waals surface area contributed by atoms with Gasteiger partial charge in [0.25, 0.3) is 0 Å². The molecule has 2 aliphatic carbocycles. The van der Waals surface area contributed by atoms with Crippen LogP contribution in [0.4, 0.5) is 0 Å². The summed E-state index contributed by atoms with van der Waals surface area (Å²) in [7, 11) is 0. The van der Waals surface area contributed by atoms with Gasteiger partial charge in [0.05, 0.1) is 23.4 Å². The standard InChI is InChI=1S/C16H18N4/c1-2-5-14-12-7-4-3-6-11(12)13(8-17)15(20)16(14,9-18)10-19/h6,12,14H,2-5,7,20H2,1H3/t12-,14+/m0/s1. The molecule has 0 heterocycles. The minimum absolute atomic E-state index is 0.105. The summed E-state index contributed by atoms with van der Waals surface area (Å²) in [6, 6.07) is 6.38. The predicted octanol–water partition coefficient (Wildman–Crippen LogP) is 2.91. The van der Waals surface area contributed by atoms with E-state index in [0.29, 0.717) is 5.57 Å². The number of rotatable bonds is 2. The van der Waals surface area contributed by atoms with E-state index in [0.717, 1.165) is 37.7 Å². The fourth-order valence-electron chi connectivity index (χ4n) is 3.63. The lowest BCUT2D eigenvalue weighted by molar-refractivity contribution is 0.219. The Hall–Kier alpha value is -2.25. The molecule has 0 aliphatic heterocycles. The summed E-state index contributed by atoms with van der Waals surface area (Å²) in [5, 5.41) is 28.6. The van der Waals surface area contributed by atoms with Gasteiger partial charge in [-0.25, -0.2) is 0 Å². The maximum absolute atomic E-state index is 9.60. The Balaban J connectivity index is 2.71. The fraction of sp³-hybridized carbons (Fsp3) is 0.562. The Bertz CT molecular complexity index is 577. The third kappa shape index (κ3) is 1.79. The van der Waals surface area contributed by atoms with Crippen molar-refractivity contribution < 1.29 is 0 Å². The molecule has 0 bridgehead atoms. The molecule has 2 rings (SSSR count). The number of fused-ring (bicyclic) bond motifs is 1. The van der Waals surface area contributed by atoms with Crippen molar-refractivity contribution >= 4 is 0 Å². The van der Waals surface area contributed by atoms with E-state index in [4.69, 9.17) is 5.73 Å². The van der Waals surface area contributed by atoms with Gasteiger partial charge in [0, 0.05) is 5.92 Å². The molecule has 4 nitrogen and oxygen atoms in total. The molecule has 102 valence electrons. The van der Waals surface area contributed by atoms with Crippen molar-refractivity contribution in [2.24, 2.45) is 23.0 Å². The molecule has 0 aromatic rings. The van der Waals surface area contributed by atoms with Crippen LogP contribution in [0.3, 0.4) is 0 Å². The summed E-state index contributed by atoms with van der Waals surface area (Å²) >= 11 is 0. The zero-order valence-corrected chi connectivity index (χ0v) is 11.7. The SMILES string of the molecule is CCC[C@@H]1[C@H]2CCCC=C2C(C#N)=C(N)C1(C#N)C#N. The van der Waals surface area contributed by atoms with Crippen LogP contribution in [0.25, 0.3) is 0 Å². The molecule has 0 fully saturated rings. The van der Waals surface area contributed by atoms with Crippen LogP contribution in [0.1, 0.15) is 39.0 Å². The molecule has 0 saturated heterocycles. The van der Waals surface area contributed by atoms with Crippen LogP contribution < -0.4 is 5.73 Å². The molecule has 2 N–H and O–H groups in total. The van der Waals surface area contributed by atoms with Gasteiger partial charge >= 0.3 is 0 Å². The Morgan fingerprint density at radius 2 is 2.05 bits per heavy atom. The van der Waals surface area contributed by atoms with Gasteiger partial charge in [-0.15, -0.1) is 0 Å². The molecule has 4 heteroatoms. The van der Waals surface area contributed by atoms with Crippen LogP contribution in [-0.2, 0) is 0 Å². The van der Waals surface area contributed by atoms with Gasteiger partial charge in [0.1, 0.15) is 6.07 Å². The molecule has 0 radical (unpaired) electrons. The van der Waals surface area contributed by atoms with Gasteiger partial charge in [-0.05, 0) is 37.2 Å². The normalized spacial score (nSPS) is 27.6. The number of nitriles is 3. The largest absolute Gasteiger partial charge is 0.399 e. The van der Waals surface area contributed by atoms with E-state index >= 15 is 0 Å². The van der Waals surface area contributed by atoms with Crippen molar-refractivity contribution in [2.75, 3.05) is 0 Å². The number of nitrogens with zero attached hydrogens (tertiary/aromatic N) is 3. The van der Waals surface area contributed by atoms with E-state index in [9.17, 15) is 15.8 Å². The van der Waals surface area contributed by atoms with Gasteiger partial charge in [-0.2, -0.15) is 15.8 Å². The van der Waals surface area contributed by atoms with E-state index in [-0.39, 0.29) is 17.5 Å². The molecular weight excluding hydrogens is 248 g/mol. The lowest BCUT2D eigenvalue weighted by Gasteiger charge is -2.43. The zero-order valence-electron chi connectivity index (χ0n) is 11.7. The highest BCUT2D eigenvalue weighted by Gasteiger charge is 2.52. The van der Waals surface area contributed by atoms with Crippen molar-refractivity contribution in [1.82, 2.24) is 0 Å². The zero-order chi connectivity index (χ0) is 14.8. The number of hydrogen-bond acceptors (Lipinski definition) is 4. The first kappa shape index (κ1) is 14.2. The number of nitrogens with two attached hydrogens (primary N) is 1. The summed E-state index contributed by atoms with van der Waals surface area (Å²) in [5.74, 6) is 0.0103. The van der Waals surface area contributed by atoms with E-state index in [2.05, 4.69) is 24.3 Å². The smallest absolute Gasteiger partial charge is 0.187 e. The van der Waals surface area contributed by atoms with Gasteiger partial charge in [-0.1, -0.05) is 19.4 Å². The third-order valence-corrected chi connectivity index (χ3v) is 4.57. The maximum atomic E-state index is 9.60. The summed E-state index contributed by atoms with van der Waals surface area (Å²) in [5.41, 5.74) is 6.24. The van der Waals surface area contributed by atoms with Crippen LogP contribution in [0.2, 0.25) is 0 Å². The van der Waals surface area contributed by atoms with Gasteiger partial charge in [-0.3, -0.25) is 0 Å². The molecule has 20 heavy (non-hydrogen) atoms. The van der Waals surface area contributed by atoms with Gasteiger partial charge in [0.15, 0.2) is 5.41 Å². The lowest BCUT2D eigenvalue weighted by atomic mass is 9.57. The molecule has 0 unspecified atom stereocenters. The molecule has 0 amide bonds. The van der Waals surface area contributed by atoms with Crippen molar-refractivity contribution in [2.45, 2.75) is 39.0 Å². The van der Waals surface area contributed by atoms with Crippen LogP contribution in [0, 0.1) is 51.2 Å². The van der Waals surface area contributed by atoms with Crippen molar-refractivity contribution in [3.63, 3.8) is 0 Å². The minimum atomic E-state index is -1.35. The average molecular weight is 266 g/mol. The third-order valence-electron chi connectivity index (χ3n) is 4.57. The second kappa shape index (κ2) is 5.40. The van der Waals surface area contributed by atoms with Gasteiger partial charge in [0.2, 0.25) is 0 Å². The summed E-state index contributed by atoms with van der Waals surface area (Å²) < 4.78 is 0. The number of hydrogen-bond donors (Lipinski definition) is 1. The highest BCUT2D eigenvalue weighted by atomic mass is 14.7. The van der Waals surface area contributed by atoms with Crippen molar-refractivity contribution in [3.8, 4) is 18.2 Å². The monoisotopic (exact) mass is 266 g/mol. The first-order valence-electron chi connectivity index (χ1n) is 7.09. The lowest BCUT2D eigenvalue weighted by Crippen LogP contribution is -2.44. The van der Waals surface area contributed by atoms with Crippen molar-refractivity contribution in [1.29, 1.82) is 15.8 Å². The Labute approximate surface area is 119 Å². The molecule has 0 spiro atoms. The van der Waals surface area contributed by atoms with Crippen LogP contribution >= 0.6 is 0 Å². The summed E-state index contributed by atoms with van der Waals surface area (Å²) in [4.78, 5) is 0. The van der Waals surface area contributed by atoms with E-state index in [1.54, 1.807) is 0 Å². The molecular formula is C16H18N4. The van der Waals surface area contributed by atoms with Crippen molar-refractivity contribution in [3.05, 3.63) is 22.9 Å². The van der Waals surface area contributed by atoms with Crippen LogP contribution in [-0.4, -0.2) is 0 Å². The summed E-state index contributed by atoms with van der Waals surface area (Å²) in [6.07, 6.45) is 6.66. The second-order valence-electron chi connectivity index (χ2n) is 5.52. The van der Waals surface area contributed by atoms with Crippen LogP contribution in [0.5, 0.6) is 0 Å². The van der Waals surface area contributed by atoms with Crippen LogP contribution in [0.15, 0.2) is 22.9 Å². The molecule has 2 atom stereocenters. The highest BCUT2D eigenvalue weighted by Crippen LogP contribution is 2.52. The van der Waals surface area contributed by atoms with E-state index < -0.39 is 5.41 Å². The van der Waals surface area contributed by atoms with Gasteiger partial charge < -0.3 is 5.73 Å². The van der Waals surface area contributed by atoms with E-state index in [1.165, 1.54) is 0 Å². The topological polar surface area (TPSA) is 97.4 Å². The maximum Gasteiger partial charge on any atom is 0.187 e. The Morgan fingerprint density at radius 3 is 2.60 bits per heavy atom. The number of allylic oxidation sites excluding steroid dienone is 4. The average Bonchev–Trinajstić information content (AvgIpc) is 2.49. The minimum Gasteiger partial charge on any atom is -0.399 e. The van der Waals surface area contributed by atoms with E-state index in [1.807, 2.05) is 6.92 Å². The molecule has 0 aromatic carbocycles. The Kier molecular flexibility index (Phi) is 3.82. The highest BCUT2D eigenvalue weighted by molar-refractivity contribution is 5.56. The molecule has 2 aliphatic rings. The quantitative estimate of drug-likeness (QED) is 0.830. The fourth-order valence-corrected chi connectivity index (χ4v) is 3.63. The first-order valence-corrected chi connectivity index (χ1v) is 7.09. The summed E-state index contributed by atoms with van der Waals surface area (Å²) in [6.45, 7) is 2.05. The first-order chi connectivity index (χ1) is 9.66. The second-order valence-corrected chi connectivity index (χ2v) is 5.52. The predicted molar refractivity (Wildman–Crippen MR) is 74.3 cm³/mol. The molecule has 0 aromatic heterocycles. The Morgan fingerprint density at radius 1 is 1.35 bits per heavy atom.